The van der Waals surface area contributed by atoms with Crippen molar-refractivity contribution in [2.75, 3.05) is 0 Å². The zero-order valence-electron chi connectivity index (χ0n) is 7.48. The summed E-state index contributed by atoms with van der Waals surface area (Å²) in [6.07, 6.45) is 1.65. The summed E-state index contributed by atoms with van der Waals surface area (Å²) in [5, 5.41) is 4.07. The summed E-state index contributed by atoms with van der Waals surface area (Å²) >= 11 is 5.94. The van der Waals surface area contributed by atoms with Crippen molar-refractivity contribution in [3.05, 3.63) is 39.4 Å². The molecule has 0 aliphatic carbocycles. The number of azide groups is 1. The van der Waals surface area contributed by atoms with E-state index in [1.807, 2.05) is 19.0 Å². The van der Waals surface area contributed by atoms with Crippen LogP contribution in [0.3, 0.4) is 0 Å². The summed E-state index contributed by atoms with van der Waals surface area (Å²) < 4.78 is 0. The maximum absolute atomic E-state index is 8.39. The number of fused-ring (bicyclic) bond motifs is 1. The third kappa shape index (κ3) is 1.27. The molecular weight excluding hydrogens is 198 g/mol. The van der Waals surface area contributed by atoms with Crippen LogP contribution in [-0.2, 0) is 0 Å². The fourth-order valence-electron chi connectivity index (χ4n) is 1.63. The Morgan fingerprint density at radius 1 is 1.64 bits per heavy atom. The zero-order chi connectivity index (χ0) is 10.1. The number of rotatable bonds is 1. The molecule has 0 bridgehead atoms. The monoisotopic (exact) mass is 204 g/mol. The van der Waals surface area contributed by atoms with E-state index in [0.29, 0.717) is 5.15 Å². The van der Waals surface area contributed by atoms with Crippen LogP contribution in [0, 0.1) is 0 Å². The second-order valence-corrected chi connectivity index (χ2v) is 3.42. The molecule has 0 fully saturated rings. The zero-order valence-corrected chi connectivity index (χ0v) is 8.23. The maximum atomic E-state index is 8.39. The Hall–Kier alpha value is -1.45. The molecule has 1 aliphatic rings. The molecule has 68 valence electrons. The van der Waals surface area contributed by atoms with Crippen LogP contribution in [0.2, 0.25) is 5.15 Å². The topological polar surface area (TPSA) is 61.7 Å². The van der Waals surface area contributed by atoms with Gasteiger partial charge in [-0.3, -0.25) is 0 Å². The van der Waals surface area contributed by atoms with Crippen molar-refractivity contribution in [3.8, 4) is 0 Å². The highest BCUT2D eigenvalue weighted by Gasteiger charge is 2.26. The molecule has 0 spiro atoms. The van der Waals surface area contributed by atoms with Crippen LogP contribution in [-0.4, -0.2) is 11.8 Å². The van der Waals surface area contributed by atoms with E-state index in [2.05, 4.69) is 14.9 Å². The van der Waals surface area contributed by atoms with Crippen molar-refractivity contribution in [3.63, 3.8) is 0 Å². The highest BCUT2D eigenvalue weighted by Crippen LogP contribution is 2.22. The van der Waals surface area contributed by atoms with Crippen LogP contribution in [0.1, 0.15) is 12.5 Å². The van der Waals surface area contributed by atoms with Crippen LogP contribution in [0.15, 0.2) is 23.3 Å². The third-order valence-corrected chi connectivity index (χ3v) is 2.55. The lowest BCUT2D eigenvalue weighted by molar-refractivity contribution is 1.34. The van der Waals surface area contributed by atoms with E-state index >= 15 is 0 Å². The molecule has 0 amide bonds. The summed E-state index contributed by atoms with van der Waals surface area (Å²) in [6.45, 7) is 1.65. The normalized spacial score (nSPS) is 13.3. The second kappa shape index (κ2) is 3.37. The van der Waals surface area contributed by atoms with Gasteiger partial charge in [-0.15, -0.1) is 11.0 Å². The first-order chi connectivity index (χ1) is 6.74. The molecule has 4 nitrogen and oxygen atoms in total. The average Bonchev–Trinajstić information content (AvgIpc) is 2.46. The highest BCUT2D eigenvalue weighted by atomic mass is 35.5. The van der Waals surface area contributed by atoms with Crippen LogP contribution in [0.4, 0.5) is 0 Å². The van der Waals surface area contributed by atoms with E-state index < -0.39 is 0 Å². The summed E-state index contributed by atoms with van der Waals surface area (Å²) in [6, 6.07) is 1.87. The SMILES string of the molecule is CC1=CB(N=[N+]=[N-])c2c1ccnc2Cl. The van der Waals surface area contributed by atoms with E-state index in [4.69, 9.17) is 17.1 Å². The van der Waals surface area contributed by atoms with Crippen LogP contribution in [0.5, 0.6) is 0 Å². The van der Waals surface area contributed by atoms with Gasteiger partial charge in [0, 0.05) is 6.20 Å². The van der Waals surface area contributed by atoms with Crippen molar-refractivity contribution < 1.29 is 0 Å². The second-order valence-electron chi connectivity index (χ2n) is 3.06. The first-order valence-electron chi connectivity index (χ1n) is 4.11. The minimum absolute atomic E-state index is 0.309. The van der Waals surface area contributed by atoms with Crippen LogP contribution >= 0.6 is 11.6 Å². The Morgan fingerprint density at radius 3 is 3.14 bits per heavy atom. The molecule has 2 heterocycles. The van der Waals surface area contributed by atoms with Gasteiger partial charge in [-0.2, -0.15) is 0 Å². The molecule has 0 N–H and O–H groups in total. The molecular formula is C8H6BClN4. The van der Waals surface area contributed by atoms with E-state index in [-0.39, 0.29) is 6.85 Å². The quantitative estimate of drug-likeness (QED) is 0.227. The number of allylic oxidation sites excluding steroid dienone is 1. The van der Waals surface area contributed by atoms with Gasteiger partial charge in [0.1, 0.15) is 5.15 Å². The number of halogens is 1. The Bertz CT molecular complexity index is 464. The number of aromatic nitrogens is 1. The summed E-state index contributed by atoms with van der Waals surface area (Å²) in [5.74, 6) is 1.89. The average molecular weight is 204 g/mol. The molecule has 0 unspecified atom stereocenters. The number of hydrogen-bond donors (Lipinski definition) is 0. The van der Waals surface area contributed by atoms with Crippen molar-refractivity contribution in [1.29, 1.82) is 0 Å². The van der Waals surface area contributed by atoms with E-state index in [0.717, 1.165) is 16.6 Å². The number of nitrogens with zero attached hydrogens (tertiary/aromatic N) is 4. The molecule has 0 atom stereocenters. The Labute approximate surface area is 86.3 Å². The molecule has 1 aromatic rings. The van der Waals surface area contributed by atoms with Crippen LogP contribution < -0.4 is 5.46 Å². The molecule has 0 saturated heterocycles. The molecule has 6 heteroatoms. The molecule has 14 heavy (non-hydrogen) atoms. The standard InChI is InChI=1S/C8H6BClN4/c1-5-4-9(13-14-11)7-6(5)2-3-12-8(7)10/h2-4H,1H3. The van der Waals surface area contributed by atoms with Gasteiger partial charge < -0.3 is 0 Å². The van der Waals surface area contributed by atoms with E-state index in [1.165, 1.54) is 0 Å². The first kappa shape index (κ1) is 9.12. The van der Waals surface area contributed by atoms with Gasteiger partial charge >= 0.3 is 6.85 Å². The number of hydrogen-bond acceptors (Lipinski definition) is 2. The van der Waals surface area contributed by atoms with Gasteiger partial charge in [0.05, 0.1) is 0 Å². The van der Waals surface area contributed by atoms with Crippen molar-refractivity contribution in [1.82, 2.24) is 4.98 Å². The third-order valence-electron chi connectivity index (χ3n) is 2.25. The van der Waals surface area contributed by atoms with E-state index in [1.54, 1.807) is 6.20 Å². The minimum atomic E-state index is -0.309. The molecule has 0 saturated carbocycles. The fraction of sp³-hybridized carbons (Fsp3) is 0.125. The van der Waals surface area contributed by atoms with Crippen LogP contribution in [0.25, 0.3) is 16.0 Å². The fourth-order valence-corrected chi connectivity index (χ4v) is 1.90. The lowest BCUT2D eigenvalue weighted by Crippen LogP contribution is -2.26. The first-order valence-corrected chi connectivity index (χ1v) is 4.49. The van der Waals surface area contributed by atoms with Crippen molar-refractivity contribution in [2.24, 2.45) is 5.03 Å². The lowest BCUT2D eigenvalue weighted by Gasteiger charge is -2.03. The van der Waals surface area contributed by atoms with Gasteiger partial charge in [0.2, 0.25) is 0 Å². The van der Waals surface area contributed by atoms with Crippen molar-refractivity contribution >= 4 is 29.5 Å². The summed E-state index contributed by atoms with van der Waals surface area (Å²) in [4.78, 5) is 6.75. The van der Waals surface area contributed by atoms with Gasteiger partial charge in [-0.05, 0) is 34.5 Å². The van der Waals surface area contributed by atoms with Gasteiger partial charge in [-0.25, -0.2) is 4.98 Å². The maximum Gasteiger partial charge on any atom is 0.305 e. The van der Waals surface area contributed by atoms with Crippen molar-refractivity contribution in [2.45, 2.75) is 6.92 Å². The summed E-state index contributed by atoms with van der Waals surface area (Å²) in [5.41, 5.74) is 11.3. The Balaban J connectivity index is 2.63. The number of pyridine rings is 1. The molecule has 0 aromatic carbocycles. The predicted molar refractivity (Wildman–Crippen MR) is 57.4 cm³/mol. The molecule has 0 radical (unpaired) electrons. The largest absolute Gasteiger partial charge is 0.305 e. The minimum Gasteiger partial charge on any atom is -0.245 e. The molecule has 1 aliphatic heterocycles. The van der Waals surface area contributed by atoms with E-state index in [9.17, 15) is 0 Å². The van der Waals surface area contributed by atoms with Gasteiger partial charge in [-0.1, -0.05) is 17.2 Å². The van der Waals surface area contributed by atoms with Gasteiger partial charge in [0.25, 0.3) is 0 Å². The summed E-state index contributed by atoms with van der Waals surface area (Å²) in [7, 11) is 0. The molecule has 2 rings (SSSR count). The molecule has 1 aromatic heterocycles. The van der Waals surface area contributed by atoms with Gasteiger partial charge in [0.15, 0.2) is 0 Å². The lowest BCUT2D eigenvalue weighted by atomic mass is 9.60. The highest BCUT2D eigenvalue weighted by molar-refractivity contribution is 6.81. The smallest absolute Gasteiger partial charge is 0.245 e. The predicted octanol–water partition coefficient (Wildman–Crippen LogP) is 2.20. The Morgan fingerprint density at radius 2 is 2.43 bits per heavy atom. The Kier molecular flexibility index (Phi) is 2.19.